The van der Waals surface area contributed by atoms with E-state index < -0.39 is 0 Å². The van der Waals surface area contributed by atoms with Crippen LogP contribution in [-0.2, 0) is 7.05 Å². The zero-order valence-electron chi connectivity index (χ0n) is 8.07. The zero-order chi connectivity index (χ0) is 9.71. The van der Waals surface area contributed by atoms with Crippen molar-refractivity contribution in [2.75, 3.05) is 5.73 Å². The number of aryl methyl sites for hydroxylation is 1. The summed E-state index contributed by atoms with van der Waals surface area (Å²) in [4.78, 5) is 4.29. The predicted molar refractivity (Wildman–Crippen MR) is 54.9 cm³/mol. The number of nitrogen functional groups attached to an aromatic ring is 1. The Hall–Kier alpha value is -1.58. The van der Waals surface area contributed by atoms with Crippen molar-refractivity contribution in [3.63, 3.8) is 0 Å². The fraction of sp³-hybridized carbons (Fsp3) is 0.400. The van der Waals surface area contributed by atoms with Gasteiger partial charge in [-0.3, -0.25) is 4.68 Å². The Bertz CT molecular complexity index is 496. The molecule has 4 nitrogen and oxygen atoms in total. The van der Waals surface area contributed by atoms with Gasteiger partial charge in [0.1, 0.15) is 0 Å². The third-order valence-electron chi connectivity index (χ3n) is 2.75. The molecule has 72 valence electrons. The van der Waals surface area contributed by atoms with Gasteiger partial charge in [-0.2, -0.15) is 5.10 Å². The molecule has 0 amide bonds. The molecule has 0 bridgehead atoms. The molecule has 0 atom stereocenters. The van der Waals surface area contributed by atoms with Crippen LogP contribution in [0.25, 0.3) is 11.0 Å². The van der Waals surface area contributed by atoms with E-state index >= 15 is 0 Å². The lowest BCUT2D eigenvalue weighted by molar-refractivity contribution is 0.759. The van der Waals surface area contributed by atoms with Crippen LogP contribution >= 0.6 is 0 Å². The number of rotatable bonds is 1. The van der Waals surface area contributed by atoms with E-state index in [2.05, 4.69) is 10.1 Å². The lowest BCUT2D eigenvalue weighted by atomic mass is 10.2. The number of aromatic nitrogens is 3. The molecule has 0 aromatic carbocycles. The summed E-state index contributed by atoms with van der Waals surface area (Å²) in [5, 5.41) is 5.54. The van der Waals surface area contributed by atoms with E-state index in [1.807, 2.05) is 17.8 Å². The van der Waals surface area contributed by atoms with E-state index in [0.717, 1.165) is 22.4 Å². The molecule has 2 aromatic heterocycles. The second-order valence-electron chi connectivity index (χ2n) is 3.88. The first kappa shape index (κ1) is 7.79. The molecular weight excluding hydrogens is 176 g/mol. The number of anilines is 1. The van der Waals surface area contributed by atoms with Crippen LogP contribution < -0.4 is 5.73 Å². The van der Waals surface area contributed by atoms with Gasteiger partial charge in [-0.1, -0.05) is 0 Å². The minimum Gasteiger partial charge on any atom is -0.398 e. The van der Waals surface area contributed by atoms with Crippen molar-refractivity contribution >= 4 is 16.7 Å². The molecule has 0 radical (unpaired) electrons. The number of pyridine rings is 1. The second-order valence-corrected chi connectivity index (χ2v) is 3.88. The molecule has 1 saturated carbocycles. The van der Waals surface area contributed by atoms with Crippen LogP contribution in [0.1, 0.15) is 24.5 Å². The Morgan fingerprint density at radius 3 is 3.00 bits per heavy atom. The summed E-state index contributed by atoms with van der Waals surface area (Å²) in [6.07, 6.45) is 4.21. The van der Waals surface area contributed by atoms with Gasteiger partial charge in [0.25, 0.3) is 0 Å². The molecule has 1 aliphatic carbocycles. The van der Waals surface area contributed by atoms with Crippen molar-refractivity contribution in [2.24, 2.45) is 7.05 Å². The average Bonchev–Trinajstić information content (AvgIpc) is 2.94. The summed E-state index contributed by atoms with van der Waals surface area (Å²) >= 11 is 0. The highest BCUT2D eigenvalue weighted by Gasteiger charge is 2.29. The van der Waals surface area contributed by atoms with Gasteiger partial charge in [0.2, 0.25) is 0 Å². The van der Waals surface area contributed by atoms with Crippen LogP contribution in [0.3, 0.4) is 0 Å². The van der Waals surface area contributed by atoms with E-state index in [1.54, 1.807) is 6.20 Å². The molecule has 2 aromatic rings. The predicted octanol–water partition coefficient (Wildman–Crippen LogP) is 1.43. The smallest absolute Gasteiger partial charge is 0.159 e. The summed E-state index contributed by atoms with van der Waals surface area (Å²) in [6, 6.07) is 1.84. The highest BCUT2D eigenvalue weighted by atomic mass is 15.3. The van der Waals surface area contributed by atoms with Crippen molar-refractivity contribution in [1.29, 1.82) is 0 Å². The average molecular weight is 188 g/mol. The van der Waals surface area contributed by atoms with Gasteiger partial charge >= 0.3 is 0 Å². The minimum atomic E-state index is 0.616. The molecule has 0 aliphatic heterocycles. The standard InChI is InChI=1S/C10H12N4/c1-14-10-8(7(11)4-5-12-10)9(13-14)6-2-3-6/h4-6H,2-3H2,1H3,(H2,11,12). The minimum absolute atomic E-state index is 0.616. The normalized spacial score (nSPS) is 16.4. The summed E-state index contributed by atoms with van der Waals surface area (Å²) in [7, 11) is 1.92. The van der Waals surface area contributed by atoms with Crippen molar-refractivity contribution in [1.82, 2.24) is 14.8 Å². The van der Waals surface area contributed by atoms with E-state index in [-0.39, 0.29) is 0 Å². The van der Waals surface area contributed by atoms with E-state index in [0.29, 0.717) is 5.92 Å². The number of nitrogens with zero attached hydrogens (tertiary/aromatic N) is 3. The Kier molecular flexibility index (Phi) is 1.37. The quantitative estimate of drug-likeness (QED) is 0.736. The van der Waals surface area contributed by atoms with Gasteiger partial charge in [0, 0.05) is 24.8 Å². The van der Waals surface area contributed by atoms with E-state index in [9.17, 15) is 0 Å². The number of nitrogens with two attached hydrogens (primary N) is 1. The third-order valence-corrected chi connectivity index (χ3v) is 2.75. The molecule has 3 rings (SSSR count). The molecule has 4 heteroatoms. The molecule has 2 heterocycles. The second kappa shape index (κ2) is 2.47. The molecule has 1 aliphatic rings. The van der Waals surface area contributed by atoms with E-state index in [4.69, 9.17) is 5.73 Å². The first-order chi connectivity index (χ1) is 6.77. The molecule has 1 fully saturated rings. The van der Waals surface area contributed by atoms with Crippen LogP contribution in [0.2, 0.25) is 0 Å². The van der Waals surface area contributed by atoms with Crippen LogP contribution in [0.5, 0.6) is 0 Å². The lowest BCUT2D eigenvalue weighted by Gasteiger charge is -1.96. The molecule has 0 saturated heterocycles. The molecular formula is C10H12N4. The fourth-order valence-corrected chi connectivity index (χ4v) is 1.87. The molecule has 14 heavy (non-hydrogen) atoms. The maximum absolute atomic E-state index is 5.94. The first-order valence-corrected chi connectivity index (χ1v) is 4.84. The summed E-state index contributed by atoms with van der Waals surface area (Å²) in [6.45, 7) is 0. The highest BCUT2D eigenvalue weighted by molar-refractivity contribution is 5.90. The van der Waals surface area contributed by atoms with Crippen LogP contribution in [0.15, 0.2) is 12.3 Å². The summed E-state index contributed by atoms with van der Waals surface area (Å²) < 4.78 is 1.82. The number of fused-ring (bicyclic) bond motifs is 1. The monoisotopic (exact) mass is 188 g/mol. The van der Waals surface area contributed by atoms with E-state index in [1.165, 1.54) is 12.8 Å². The van der Waals surface area contributed by atoms with Gasteiger partial charge in [-0.05, 0) is 18.9 Å². The van der Waals surface area contributed by atoms with Crippen molar-refractivity contribution in [3.8, 4) is 0 Å². The van der Waals surface area contributed by atoms with Crippen LogP contribution in [-0.4, -0.2) is 14.8 Å². The maximum Gasteiger partial charge on any atom is 0.159 e. The summed E-state index contributed by atoms with van der Waals surface area (Å²) in [5.74, 6) is 0.616. The fourth-order valence-electron chi connectivity index (χ4n) is 1.87. The maximum atomic E-state index is 5.94. The van der Waals surface area contributed by atoms with Gasteiger partial charge < -0.3 is 5.73 Å². The SMILES string of the molecule is Cn1nc(C2CC2)c2c(N)ccnc21. The van der Waals surface area contributed by atoms with Crippen LogP contribution in [0.4, 0.5) is 5.69 Å². The summed E-state index contributed by atoms with van der Waals surface area (Å²) in [5.41, 5.74) is 8.77. The largest absolute Gasteiger partial charge is 0.398 e. The molecule has 0 spiro atoms. The Balaban J connectivity index is 2.39. The van der Waals surface area contributed by atoms with Crippen molar-refractivity contribution in [3.05, 3.63) is 18.0 Å². The van der Waals surface area contributed by atoms with Gasteiger partial charge in [0.05, 0.1) is 11.1 Å². The van der Waals surface area contributed by atoms with Crippen molar-refractivity contribution in [2.45, 2.75) is 18.8 Å². The Morgan fingerprint density at radius 2 is 2.29 bits per heavy atom. The number of hydrogen-bond acceptors (Lipinski definition) is 3. The third kappa shape index (κ3) is 0.937. The van der Waals surface area contributed by atoms with Gasteiger partial charge in [-0.15, -0.1) is 0 Å². The zero-order valence-corrected chi connectivity index (χ0v) is 8.07. The lowest BCUT2D eigenvalue weighted by Crippen LogP contribution is -1.92. The highest BCUT2D eigenvalue weighted by Crippen LogP contribution is 2.43. The topological polar surface area (TPSA) is 56.7 Å². The van der Waals surface area contributed by atoms with Gasteiger partial charge in [0.15, 0.2) is 5.65 Å². The Labute approximate surface area is 81.7 Å². The Morgan fingerprint density at radius 1 is 1.50 bits per heavy atom. The first-order valence-electron chi connectivity index (χ1n) is 4.84. The van der Waals surface area contributed by atoms with Crippen molar-refractivity contribution < 1.29 is 0 Å². The molecule has 2 N–H and O–H groups in total. The number of hydrogen-bond donors (Lipinski definition) is 1. The molecule has 0 unspecified atom stereocenters. The van der Waals surface area contributed by atoms with Crippen LogP contribution in [0, 0.1) is 0 Å². The van der Waals surface area contributed by atoms with Gasteiger partial charge in [-0.25, -0.2) is 4.98 Å².